The summed E-state index contributed by atoms with van der Waals surface area (Å²) in [6.07, 6.45) is 1.66. The van der Waals surface area contributed by atoms with Crippen molar-refractivity contribution in [2.45, 2.75) is 13.0 Å². The summed E-state index contributed by atoms with van der Waals surface area (Å²) in [5, 5.41) is 9.69. The summed E-state index contributed by atoms with van der Waals surface area (Å²) in [6, 6.07) is 9.23. The second-order valence-electron chi connectivity index (χ2n) is 3.42. The predicted octanol–water partition coefficient (Wildman–Crippen LogP) is 1.29. The molecule has 0 aliphatic heterocycles. The maximum Gasteiger partial charge on any atom is 0.420 e. The molecule has 1 rings (SSSR count). The molecule has 18 heavy (non-hydrogen) atoms. The molecular formula is C13H14N2O3. The van der Waals surface area contributed by atoms with Gasteiger partial charge in [-0.2, -0.15) is 4.79 Å². The van der Waals surface area contributed by atoms with E-state index in [9.17, 15) is 9.90 Å². The minimum absolute atomic E-state index is 0.146. The van der Waals surface area contributed by atoms with Gasteiger partial charge in [0.05, 0.1) is 6.61 Å². The molecule has 0 saturated heterocycles. The van der Waals surface area contributed by atoms with E-state index in [2.05, 4.69) is 9.53 Å². The number of ether oxygens (including phenoxy) is 1. The van der Waals surface area contributed by atoms with Gasteiger partial charge in [-0.3, -0.25) is 0 Å². The Kier molecular flexibility index (Phi) is 5.51. The van der Waals surface area contributed by atoms with E-state index in [1.54, 1.807) is 13.0 Å². The highest BCUT2D eigenvalue weighted by molar-refractivity contribution is 6.36. The standard InChI is InChI=1S/C13H14N2O3/c1-2-18-13(17)12(15-14)11(16)9-8-10-6-4-3-5-7-10/h3-9,11,16H,2H2,1H3/b9-8+. The first-order chi connectivity index (χ1) is 8.69. The normalized spacial score (nSPS) is 11.9. The zero-order valence-corrected chi connectivity index (χ0v) is 9.98. The Balaban J connectivity index is 2.75. The number of aliphatic hydroxyl groups excluding tert-OH is 1. The molecule has 0 fully saturated rings. The van der Waals surface area contributed by atoms with Crippen LogP contribution in [-0.2, 0) is 9.53 Å². The second-order valence-corrected chi connectivity index (χ2v) is 3.42. The Bertz CT molecular complexity index is 476. The van der Waals surface area contributed by atoms with Crippen LogP contribution in [0.1, 0.15) is 12.5 Å². The van der Waals surface area contributed by atoms with Gasteiger partial charge in [-0.05, 0) is 18.6 Å². The quantitative estimate of drug-likeness (QED) is 0.368. The van der Waals surface area contributed by atoms with Gasteiger partial charge in [0.15, 0.2) is 6.10 Å². The predicted molar refractivity (Wildman–Crippen MR) is 66.7 cm³/mol. The van der Waals surface area contributed by atoms with Crippen molar-refractivity contribution in [3.05, 3.63) is 47.5 Å². The average molecular weight is 246 g/mol. The third kappa shape index (κ3) is 3.97. The van der Waals surface area contributed by atoms with Gasteiger partial charge in [0.25, 0.3) is 0 Å². The monoisotopic (exact) mass is 246 g/mol. The number of hydrogen-bond donors (Lipinski definition) is 1. The van der Waals surface area contributed by atoms with Crippen LogP contribution in [0.15, 0.2) is 36.4 Å². The van der Waals surface area contributed by atoms with Gasteiger partial charge in [-0.15, -0.1) is 0 Å². The number of rotatable bonds is 5. The zero-order valence-electron chi connectivity index (χ0n) is 9.98. The SMILES string of the molecule is CCOC(=O)C(=[N+]=[N-])C(O)/C=C/c1ccccc1. The highest BCUT2D eigenvalue weighted by Crippen LogP contribution is 2.03. The molecule has 0 aromatic heterocycles. The molecule has 0 aliphatic rings. The van der Waals surface area contributed by atoms with Crippen LogP contribution in [0.5, 0.6) is 0 Å². The molecule has 0 saturated carbocycles. The number of nitrogens with zero attached hydrogens (tertiary/aromatic N) is 2. The van der Waals surface area contributed by atoms with Gasteiger partial charge in [0.1, 0.15) is 0 Å². The van der Waals surface area contributed by atoms with Crippen molar-refractivity contribution in [2.75, 3.05) is 6.61 Å². The van der Waals surface area contributed by atoms with Gasteiger partial charge in [-0.25, -0.2) is 4.79 Å². The fourth-order valence-electron chi connectivity index (χ4n) is 1.28. The maximum atomic E-state index is 11.3. The molecule has 0 radical (unpaired) electrons. The highest BCUT2D eigenvalue weighted by atomic mass is 16.5. The first-order valence-corrected chi connectivity index (χ1v) is 5.49. The zero-order chi connectivity index (χ0) is 13.4. The largest absolute Gasteiger partial charge is 0.457 e. The summed E-state index contributed by atoms with van der Waals surface area (Å²) in [5.41, 5.74) is 9.10. The third-order valence-electron chi connectivity index (χ3n) is 2.14. The Morgan fingerprint density at radius 2 is 2.17 bits per heavy atom. The van der Waals surface area contributed by atoms with Crippen LogP contribution >= 0.6 is 0 Å². The van der Waals surface area contributed by atoms with Crippen molar-refractivity contribution in [3.63, 3.8) is 0 Å². The molecule has 1 aromatic carbocycles. The van der Waals surface area contributed by atoms with Gasteiger partial charge in [0, 0.05) is 0 Å². The number of benzene rings is 1. The number of carbonyl (C=O) groups excluding carboxylic acids is 1. The number of carbonyl (C=O) groups is 1. The van der Waals surface area contributed by atoms with Crippen LogP contribution in [0.25, 0.3) is 11.6 Å². The molecule has 0 heterocycles. The number of esters is 1. The van der Waals surface area contributed by atoms with E-state index in [0.717, 1.165) is 5.56 Å². The van der Waals surface area contributed by atoms with E-state index in [4.69, 9.17) is 5.53 Å². The lowest BCUT2D eigenvalue weighted by Gasteiger charge is -2.00. The van der Waals surface area contributed by atoms with Crippen LogP contribution in [0.3, 0.4) is 0 Å². The molecule has 0 spiro atoms. The van der Waals surface area contributed by atoms with Crippen molar-refractivity contribution < 1.29 is 19.4 Å². The summed E-state index contributed by atoms with van der Waals surface area (Å²) < 4.78 is 4.64. The number of aliphatic hydroxyl groups is 1. The summed E-state index contributed by atoms with van der Waals surface area (Å²) in [7, 11) is 0. The molecule has 0 aliphatic carbocycles. The lowest BCUT2D eigenvalue weighted by molar-refractivity contribution is -0.141. The lowest BCUT2D eigenvalue weighted by Crippen LogP contribution is -2.29. The molecule has 5 nitrogen and oxygen atoms in total. The van der Waals surface area contributed by atoms with Gasteiger partial charge in [-0.1, -0.05) is 36.4 Å². The smallest absolute Gasteiger partial charge is 0.420 e. The molecular weight excluding hydrogens is 232 g/mol. The van der Waals surface area contributed by atoms with Gasteiger partial charge < -0.3 is 15.4 Å². The van der Waals surface area contributed by atoms with Crippen molar-refractivity contribution in [3.8, 4) is 0 Å². The fourth-order valence-corrected chi connectivity index (χ4v) is 1.28. The van der Waals surface area contributed by atoms with Crippen LogP contribution < -0.4 is 0 Å². The van der Waals surface area contributed by atoms with E-state index in [1.165, 1.54) is 6.08 Å². The van der Waals surface area contributed by atoms with E-state index in [0.29, 0.717) is 0 Å². The van der Waals surface area contributed by atoms with E-state index < -0.39 is 17.8 Å². The number of hydrogen-bond acceptors (Lipinski definition) is 3. The van der Waals surface area contributed by atoms with Crippen LogP contribution in [0, 0.1) is 0 Å². The summed E-state index contributed by atoms with van der Waals surface area (Å²) >= 11 is 0. The Morgan fingerprint density at radius 1 is 1.50 bits per heavy atom. The molecule has 0 amide bonds. The van der Waals surface area contributed by atoms with Crippen molar-refractivity contribution in [2.24, 2.45) is 0 Å². The molecule has 1 atom stereocenters. The van der Waals surface area contributed by atoms with Gasteiger partial charge in [0.2, 0.25) is 0 Å². The van der Waals surface area contributed by atoms with Crippen molar-refractivity contribution in [1.29, 1.82) is 0 Å². The van der Waals surface area contributed by atoms with Crippen LogP contribution in [0.2, 0.25) is 0 Å². The lowest BCUT2D eigenvalue weighted by atomic mass is 10.1. The molecule has 1 unspecified atom stereocenters. The van der Waals surface area contributed by atoms with Crippen LogP contribution in [-0.4, -0.2) is 34.3 Å². The van der Waals surface area contributed by atoms with Crippen molar-refractivity contribution in [1.82, 2.24) is 0 Å². The topological polar surface area (TPSA) is 82.9 Å². The summed E-state index contributed by atoms with van der Waals surface area (Å²) in [5.74, 6) is -0.842. The Hall–Kier alpha value is -2.23. The molecule has 94 valence electrons. The molecule has 0 bridgehead atoms. The molecule has 1 N–H and O–H groups in total. The Labute approximate surface area is 105 Å². The second kappa shape index (κ2) is 7.17. The van der Waals surface area contributed by atoms with E-state index in [-0.39, 0.29) is 6.61 Å². The van der Waals surface area contributed by atoms with E-state index >= 15 is 0 Å². The van der Waals surface area contributed by atoms with E-state index in [1.807, 2.05) is 30.3 Å². The summed E-state index contributed by atoms with van der Waals surface area (Å²) in [4.78, 5) is 14.1. The first kappa shape index (κ1) is 13.8. The summed E-state index contributed by atoms with van der Waals surface area (Å²) in [6.45, 7) is 1.77. The highest BCUT2D eigenvalue weighted by Gasteiger charge is 2.28. The van der Waals surface area contributed by atoms with Crippen LogP contribution in [0.4, 0.5) is 0 Å². The maximum absolute atomic E-state index is 11.3. The minimum Gasteiger partial charge on any atom is -0.457 e. The fraction of sp³-hybridized carbons (Fsp3) is 0.231. The van der Waals surface area contributed by atoms with Gasteiger partial charge >= 0.3 is 11.7 Å². The molecule has 1 aromatic rings. The molecule has 5 heteroatoms. The third-order valence-corrected chi connectivity index (χ3v) is 2.14. The Morgan fingerprint density at radius 3 is 2.72 bits per heavy atom. The minimum atomic E-state index is -1.31. The first-order valence-electron chi connectivity index (χ1n) is 5.49. The average Bonchev–Trinajstić information content (AvgIpc) is 2.39. The van der Waals surface area contributed by atoms with Crippen molar-refractivity contribution >= 4 is 17.8 Å².